The van der Waals surface area contributed by atoms with Gasteiger partial charge in [0.05, 0.1) is 0 Å². The number of aliphatic carboxylic acids is 1. The highest BCUT2D eigenvalue weighted by atomic mass is 79.9. The normalized spacial score (nSPS) is 18.3. The maximum Gasteiger partial charge on any atom is 0.303 e. The van der Waals surface area contributed by atoms with Crippen molar-refractivity contribution >= 4 is 39.4 Å². The number of nitrogens with zero attached hydrogens (tertiary/aromatic N) is 1. The topological polar surface area (TPSA) is 40.5 Å². The molecule has 0 amide bonds. The highest BCUT2D eigenvalue weighted by Crippen LogP contribution is 2.48. The second-order valence-corrected chi connectivity index (χ2v) is 7.12. The number of halogens is 1. The van der Waals surface area contributed by atoms with Crippen LogP contribution in [-0.2, 0) is 10.2 Å². The van der Waals surface area contributed by atoms with Gasteiger partial charge in [-0.15, -0.1) is 17.0 Å². The zero-order valence-corrected chi connectivity index (χ0v) is 16.3. The van der Waals surface area contributed by atoms with E-state index in [4.69, 9.17) is 5.11 Å². The first-order valence-corrected chi connectivity index (χ1v) is 8.43. The summed E-state index contributed by atoms with van der Waals surface area (Å²) >= 11 is 0. The van der Waals surface area contributed by atoms with Crippen molar-refractivity contribution in [3.05, 3.63) is 42.0 Å². The van der Waals surface area contributed by atoms with Crippen molar-refractivity contribution in [1.82, 2.24) is 0 Å². The third-order valence-corrected chi connectivity index (χ3v) is 5.41. The molecule has 2 aromatic carbocycles. The van der Waals surface area contributed by atoms with Crippen LogP contribution in [0.5, 0.6) is 0 Å². The fourth-order valence-electron chi connectivity index (χ4n) is 3.86. The minimum atomic E-state index is -0.703. The molecular formula is C20H26BrNO2. The van der Waals surface area contributed by atoms with E-state index < -0.39 is 5.97 Å². The van der Waals surface area contributed by atoms with Crippen LogP contribution in [0.25, 0.3) is 10.8 Å². The molecule has 0 spiro atoms. The van der Waals surface area contributed by atoms with E-state index in [2.05, 4.69) is 62.1 Å². The average Bonchev–Trinajstić information content (AvgIpc) is 2.71. The molecule has 2 aromatic rings. The van der Waals surface area contributed by atoms with E-state index in [1.165, 1.54) is 22.0 Å². The Labute approximate surface area is 154 Å². The summed E-state index contributed by atoms with van der Waals surface area (Å²) in [4.78, 5) is 13.2. The van der Waals surface area contributed by atoms with Crippen LogP contribution < -0.4 is 4.90 Å². The third-order valence-electron chi connectivity index (χ3n) is 5.41. The Kier molecular flexibility index (Phi) is 5.59. The van der Waals surface area contributed by atoms with Crippen LogP contribution in [0.4, 0.5) is 5.69 Å². The summed E-state index contributed by atoms with van der Waals surface area (Å²) in [6, 6.07) is 13.4. The number of rotatable bonds is 5. The molecule has 0 saturated heterocycles. The Morgan fingerprint density at radius 3 is 2.58 bits per heavy atom. The van der Waals surface area contributed by atoms with Gasteiger partial charge in [-0.05, 0) is 42.2 Å². The summed E-state index contributed by atoms with van der Waals surface area (Å²) in [5, 5.41) is 11.4. The van der Waals surface area contributed by atoms with E-state index in [-0.39, 0.29) is 28.8 Å². The van der Waals surface area contributed by atoms with E-state index >= 15 is 0 Å². The number of fused-ring (bicyclic) bond motifs is 3. The van der Waals surface area contributed by atoms with Crippen LogP contribution >= 0.6 is 17.0 Å². The van der Waals surface area contributed by atoms with Crippen LogP contribution in [0, 0.1) is 0 Å². The van der Waals surface area contributed by atoms with Crippen LogP contribution in [-0.4, -0.2) is 23.7 Å². The molecule has 0 fully saturated rings. The highest BCUT2D eigenvalue weighted by Gasteiger charge is 2.42. The lowest BCUT2D eigenvalue weighted by Gasteiger charge is -2.31. The molecule has 3 nitrogen and oxygen atoms in total. The van der Waals surface area contributed by atoms with Gasteiger partial charge in [-0.2, -0.15) is 0 Å². The first-order valence-electron chi connectivity index (χ1n) is 8.43. The summed E-state index contributed by atoms with van der Waals surface area (Å²) in [6.45, 7) is 7.84. The number of carboxylic acids is 1. The lowest BCUT2D eigenvalue weighted by Crippen LogP contribution is -2.39. The second kappa shape index (κ2) is 7.14. The molecule has 1 N–H and O–H groups in total. The molecular weight excluding hydrogens is 366 g/mol. The van der Waals surface area contributed by atoms with Crippen molar-refractivity contribution < 1.29 is 9.90 Å². The Balaban J connectivity index is 0.00000208. The standard InChI is InChI=1S/C20H25NO2.BrH/c1-14-20(2,3)19-16-9-5-4-8-15(16)11-12-17(19)21(14)13-7-6-10-18(22)23;/h4-5,8-9,11-12,14H,6-7,10,13H2,1-3H3,(H,22,23);1H. The molecule has 1 unspecified atom stereocenters. The number of benzene rings is 2. The zero-order chi connectivity index (χ0) is 16.6. The van der Waals surface area contributed by atoms with Crippen LogP contribution in [0.15, 0.2) is 36.4 Å². The van der Waals surface area contributed by atoms with Crippen molar-refractivity contribution in [2.24, 2.45) is 0 Å². The molecule has 1 aliphatic heterocycles. The summed E-state index contributed by atoms with van der Waals surface area (Å²) in [7, 11) is 0. The van der Waals surface area contributed by atoms with Gasteiger partial charge in [0.25, 0.3) is 0 Å². The summed E-state index contributed by atoms with van der Waals surface area (Å²) in [5.41, 5.74) is 2.83. The van der Waals surface area contributed by atoms with E-state index in [0.717, 1.165) is 19.4 Å². The Morgan fingerprint density at radius 2 is 1.88 bits per heavy atom. The molecule has 1 atom stereocenters. The van der Waals surface area contributed by atoms with Gasteiger partial charge in [-0.1, -0.05) is 44.2 Å². The lowest BCUT2D eigenvalue weighted by molar-refractivity contribution is -0.137. The van der Waals surface area contributed by atoms with E-state index in [1.807, 2.05) is 0 Å². The van der Waals surface area contributed by atoms with Crippen molar-refractivity contribution in [1.29, 1.82) is 0 Å². The molecule has 1 aliphatic rings. The number of anilines is 1. The summed E-state index contributed by atoms with van der Waals surface area (Å²) in [6.07, 6.45) is 1.91. The molecule has 0 saturated carbocycles. The van der Waals surface area contributed by atoms with Crippen molar-refractivity contribution in [3.63, 3.8) is 0 Å². The molecule has 24 heavy (non-hydrogen) atoms. The molecule has 0 aliphatic carbocycles. The predicted octanol–water partition coefficient (Wildman–Crippen LogP) is 5.16. The molecule has 0 bridgehead atoms. The summed E-state index contributed by atoms with van der Waals surface area (Å²) in [5.74, 6) is -0.703. The minimum absolute atomic E-state index is 0. The van der Waals surface area contributed by atoms with E-state index in [0.29, 0.717) is 6.04 Å². The Morgan fingerprint density at radius 1 is 1.17 bits per heavy atom. The van der Waals surface area contributed by atoms with Crippen LogP contribution in [0.1, 0.15) is 45.6 Å². The van der Waals surface area contributed by atoms with Crippen LogP contribution in [0.2, 0.25) is 0 Å². The number of hydrogen-bond acceptors (Lipinski definition) is 2. The van der Waals surface area contributed by atoms with Gasteiger partial charge >= 0.3 is 5.97 Å². The molecule has 0 aromatic heterocycles. The van der Waals surface area contributed by atoms with Crippen LogP contribution in [0.3, 0.4) is 0 Å². The second-order valence-electron chi connectivity index (χ2n) is 7.12. The Hall–Kier alpha value is -1.55. The number of unbranched alkanes of at least 4 members (excludes halogenated alkanes) is 1. The first kappa shape index (κ1) is 18.8. The average molecular weight is 392 g/mol. The number of carboxylic acid groups (broad SMARTS) is 1. The smallest absolute Gasteiger partial charge is 0.303 e. The first-order chi connectivity index (χ1) is 10.9. The van der Waals surface area contributed by atoms with E-state index in [9.17, 15) is 4.79 Å². The van der Waals surface area contributed by atoms with Gasteiger partial charge in [0.2, 0.25) is 0 Å². The summed E-state index contributed by atoms with van der Waals surface area (Å²) < 4.78 is 0. The maximum absolute atomic E-state index is 10.7. The van der Waals surface area contributed by atoms with Gasteiger partial charge in [0, 0.05) is 30.1 Å². The maximum atomic E-state index is 10.7. The number of carbonyl (C=O) groups is 1. The number of hydrogen-bond donors (Lipinski definition) is 1. The third kappa shape index (κ3) is 3.16. The fourth-order valence-corrected chi connectivity index (χ4v) is 3.86. The van der Waals surface area contributed by atoms with Crippen molar-refractivity contribution in [2.45, 2.75) is 51.5 Å². The van der Waals surface area contributed by atoms with Gasteiger partial charge in [0.1, 0.15) is 0 Å². The predicted molar refractivity (Wildman–Crippen MR) is 106 cm³/mol. The van der Waals surface area contributed by atoms with Gasteiger partial charge in [0.15, 0.2) is 0 Å². The molecule has 4 heteroatoms. The van der Waals surface area contributed by atoms with Crippen molar-refractivity contribution in [3.8, 4) is 0 Å². The quantitative estimate of drug-likeness (QED) is 0.715. The largest absolute Gasteiger partial charge is 0.481 e. The SMILES string of the molecule is Br.CC1N(CCCCC(=O)O)c2ccc3ccccc3c2C1(C)C. The Bertz CT molecular complexity index is 741. The van der Waals surface area contributed by atoms with Gasteiger partial charge in [-0.3, -0.25) is 4.79 Å². The molecule has 1 heterocycles. The molecule has 3 rings (SSSR count). The highest BCUT2D eigenvalue weighted by molar-refractivity contribution is 8.93. The van der Waals surface area contributed by atoms with Crippen molar-refractivity contribution in [2.75, 3.05) is 11.4 Å². The van der Waals surface area contributed by atoms with E-state index in [1.54, 1.807) is 0 Å². The fraction of sp³-hybridized carbons (Fsp3) is 0.450. The molecule has 0 radical (unpaired) electrons. The molecule has 130 valence electrons. The monoisotopic (exact) mass is 391 g/mol. The van der Waals surface area contributed by atoms with Gasteiger partial charge in [-0.25, -0.2) is 0 Å². The lowest BCUT2D eigenvalue weighted by atomic mass is 9.79. The minimum Gasteiger partial charge on any atom is -0.481 e. The van der Waals surface area contributed by atoms with Gasteiger partial charge < -0.3 is 10.0 Å². The zero-order valence-electron chi connectivity index (χ0n) is 14.6.